The number of carbonyl (C=O) groups is 1. The molecule has 1 saturated heterocycles. The molecule has 0 bridgehead atoms. The Hall–Kier alpha value is -2.42. The van der Waals surface area contributed by atoms with Crippen molar-refractivity contribution >= 4 is 40.7 Å². The van der Waals surface area contributed by atoms with E-state index in [-0.39, 0.29) is 25.4 Å². The van der Waals surface area contributed by atoms with E-state index in [1.54, 1.807) is 0 Å². The monoisotopic (exact) mass is 602 g/mol. The largest absolute Gasteiger partial charge is 0.392 e. The predicted molar refractivity (Wildman–Crippen MR) is 160 cm³/mol. The van der Waals surface area contributed by atoms with Crippen LogP contribution in [-0.2, 0) is 27.4 Å². The molecular weight excluding hydrogens is 571 g/mol. The van der Waals surface area contributed by atoms with Gasteiger partial charge in [0, 0.05) is 31.6 Å². The second kappa shape index (κ2) is 14.0. The number of rotatable bonds is 10. The molecule has 0 aliphatic carbocycles. The molecular formula is C31H33Cl3N2O4. The van der Waals surface area contributed by atoms with Gasteiger partial charge in [-0.25, -0.2) is 0 Å². The minimum atomic E-state index is -2.00. The molecule has 0 unspecified atom stereocenters. The number of ether oxygens (including phenoxy) is 2. The van der Waals surface area contributed by atoms with Crippen molar-refractivity contribution < 1.29 is 19.4 Å². The van der Waals surface area contributed by atoms with Gasteiger partial charge in [-0.2, -0.15) is 0 Å². The lowest BCUT2D eigenvalue weighted by atomic mass is 9.99. The second-order valence-electron chi connectivity index (χ2n) is 9.86. The van der Waals surface area contributed by atoms with Crippen LogP contribution in [0.3, 0.4) is 0 Å². The zero-order valence-corrected chi connectivity index (χ0v) is 24.5. The Morgan fingerprint density at radius 2 is 1.73 bits per heavy atom. The summed E-state index contributed by atoms with van der Waals surface area (Å²) in [5.41, 5.74) is 5.71. The molecule has 3 aromatic rings. The van der Waals surface area contributed by atoms with E-state index in [1.165, 1.54) is 0 Å². The van der Waals surface area contributed by atoms with Crippen LogP contribution in [0.5, 0.6) is 0 Å². The summed E-state index contributed by atoms with van der Waals surface area (Å²) >= 11 is 16.9. The normalized spacial score (nSPS) is 19.4. The molecule has 40 heavy (non-hydrogen) atoms. The summed E-state index contributed by atoms with van der Waals surface area (Å²) in [5.74, 6) is -0.670. The first kappa shape index (κ1) is 30.5. The molecule has 0 saturated carbocycles. The molecule has 1 heterocycles. The third-order valence-corrected chi connectivity index (χ3v) is 7.24. The van der Waals surface area contributed by atoms with Gasteiger partial charge in [0.1, 0.15) is 0 Å². The topological polar surface area (TPSA) is 71.0 Å². The molecule has 1 aliphatic heterocycles. The number of hydrogen-bond donors (Lipinski definition) is 2. The van der Waals surface area contributed by atoms with Gasteiger partial charge in [0.2, 0.25) is 0 Å². The van der Waals surface area contributed by atoms with Crippen LogP contribution in [0.2, 0.25) is 0 Å². The fourth-order valence-electron chi connectivity index (χ4n) is 4.65. The Kier molecular flexibility index (Phi) is 10.7. The maximum absolute atomic E-state index is 11.9. The van der Waals surface area contributed by atoms with Gasteiger partial charge in [0.05, 0.1) is 18.8 Å². The highest BCUT2D eigenvalue weighted by molar-refractivity contribution is 6.76. The van der Waals surface area contributed by atoms with Crippen LogP contribution < -0.4 is 5.32 Å². The Morgan fingerprint density at radius 1 is 1.02 bits per heavy atom. The first-order valence-electron chi connectivity index (χ1n) is 13.0. The molecule has 0 aromatic heterocycles. The first-order chi connectivity index (χ1) is 19.2. The summed E-state index contributed by atoms with van der Waals surface area (Å²) < 4.78 is 10.9. The molecule has 3 aromatic carbocycles. The van der Waals surface area contributed by atoms with Crippen molar-refractivity contribution in [2.75, 3.05) is 20.1 Å². The number of hydrogen-bond acceptors (Lipinski definition) is 5. The fourth-order valence-corrected chi connectivity index (χ4v) is 4.85. The highest BCUT2D eigenvalue weighted by atomic mass is 35.6. The molecule has 0 spiro atoms. The van der Waals surface area contributed by atoms with Crippen molar-refractivity contribution in [3.8, 4) is 11.1 Å². The molecule has 1 fully saturated rings. The molecule has 3 atom stereocenters. The van der Waals surface area contributed by atoms with Crippen LogP contribution in [-0.4, -0.2) is 45.9 Å². The Balaban J connectivity index is 1.50. The average Bonchev–Trinajstić information content (AvgIpc) is 2.95. The number of benzene rings is 3. The van der Waals surface area contributed by atoms with Crippen molar-refractivity contribution in [3.63, 3.8) is 0 Å². The van der Waals surface area contributed by atoms with Gasteiger partial charge in [-0.15, -0.1) is 6.58 Å². The van der Waals surface area contributed by atoms with E-state index < -0.39 is 16.0 Å². The van der Waals surface area contributed by atoms with E-state index in [0.29, 0.717) is 0 Å². The number of alkyl halides is 3. The van der Waals surface area contributed by atoms with Crippen LogP contribution in [0.4, 0.5) is 0 Å². The van der Waals surface area contributed by atoms with Gasteiger partial charge >= 0.3 is 0 Å². The van der Waals surface area contributed by atoms with E-state index in [4.69, 9.17) is 44.3 Å². The average molecular weight is 604 g/mol. The summed E-state index contributed by atoms with van der Waals surface area (Å²) in [5, 5.41) is 12.1. The zero-order chi connectivity index (χ0) is 28.7. The molecule has 4 rings (SSSR count). The third kappa shape index (κ3) is 8.30. The SMILES string of the molecule is C=CCN(C)C[C@H]1C[C@@H](c2ccc(CO)cc2)O[C@@H](c2ccc(-c3cccc(CNC(=O)C(Cl)(Cl)Cl)c3)cc2)O1. The molecule has 0 radical (unpaired) electrons. The predicted octanol–water partition coefficient (Wildman–Crippen LogP) is 6.50. The highest BCUT2D eigenvalue weighted by Gasteiger charge is 2.33. The van der Waals surface area contributed by atoms with Gasteiger partial charge in [0.15, 0.2) is 6.29 Å². The van der Waals surface area contributed by atoms with Gasteiger partial charge in [0.25, 0.3) is 9.70 Å². The Bertz CT molecular complexity index is 1280. The van der Waals surface area contributed by atoms with Crippen LogP contribution >= 0.6 is 34.8 Å². The van der Waals surface area contributed by atoms with Gasteiger partial charge < -0.3 is 24.8 Å². The maximum Gasteiger partial charge on any atom is 0.272 e. The van der Waals surface area contributed by atoms with Gasteiger partial charge in [-0.1, -0.05) is 108 Å². The van der Waals surface area contributed by atoms with Crippen molar-refractivity contribution in [2.45, 2.75) is 41.9 Å². The Morgan fingerprint density at radius 3 is 2.38 bits per heavy atom. The lowest BCUT2D eigenvalue weighted by molar-refractivity contribution is -0.252. The van der Waals surface area contributed by atoms with Crippen LogP contribution in [0.25, 0.3) is 11.1 Å². The summed E-state index contributed by atoms with van der Waals surface area (Å²) in [6.07, 6.45) is 1.88. The molecule has 2 N–H and O–H groups in total. The number of likely N-dealkylation sites (N-methyl/N-ethyl adjacent to an activating group) is 1. The van der Waals surface area contributed by atoms with Gasteiger partial charge in [-0.05, 0) is 40.9 Å². The Labute approximate surface area is 250 Å². The van der Waals surface area contributed by atoms with Crippen molar-refractivity contribution in [1.29, 1.82) is 0 Å². The third-order valence-electron chi connectivity index (χ3n) is 6.72. The van der Waals surface area contributed by atoms with Crippen molar-refractivity contribution in [1.82, 2.24) is 10.2 Å². The van der Waals surface area contributed by atoms with E-state index in [1.807, 2.05) is 85.9 Å². The zero-order valence-electron chi connectivity index (χ0n) is 22.2. The molecule has 212 valence electrons. The van der Waals surface area contributed by atoms with E-state index in [0.717, 1.165) is 52.9 Å². The quantitative estimate of drug-likeness (QED) is 0.205. The first-order valence-corrected chi connectivity index (χ1v) is 14.1. The minimum Gasteiger partial charge on any atom is -0.392 e. The number of nitrogens with zero attached hydrogens (tertiary/aromatic N) is 1. The maximum atomic E-state index is 11.9. The number of amides is 1. The number of carbonyl (C=O) groups excluding carboxylic acids is 1. The second-order valence-corrected chi connectivity index (χ2v) is 12.1. The smallest absolute Gasteiger partial charge is 0.272 e. The lowest BCUT2D eigenvalue weighted by Crippen LogP contribution is -2.37. The van der Waals surface area contributed by atoms with E-state index in [9.17, 15) is 9.90 Å². The summed E-state index contributed by atoms with van der Waals surface area (Å²) in [7, 11) is 2.05. The number of nitrogens with one attached hydrogen (secondary N) is 1. The van der Waals surface area contributed by atoms with E-state index in [2.05, 4.69) is 16.8 Å². The standard InChI is InChI=1S/C31H33Cl3N2O4/c1-3-15-36(2)19-27-17-28(24-9-7-21(20-37)8-10-24)40-29(39-27)25-13-11-23(12-14-25)26-6-4-5-22(16-26)18-35-30(38)31(32,33)34/h3-14,16,27-29,37H,1,15,17-20H2,2H3,(H,35,38)/t27-,28+,29+/m1/s1. The van der Waals surface area contributed by atoms with Crippen molar-refractivity contribution in [3.05, 3.63) is 108 Å². The van der Waals surface area contributed by atoms with Crippen LogP contribution in [0, 0.1) is 0 Å². The summed E-state index contributed by atoms with van der Waals surface area (Å²) in [4.78, 5) is 14.1. The lowest BCUT2D eigenvalue weighted by Gasteiger charge is -2.37. The number of aliphatic hydroxyl groups is 1. The molecule has 6 nitrogen and oxygen atoms in total. The summed E-state index contributed by atoms with van der Waals surface area (Å²) in [6.45, 7) is 5.60. The number of aliphatic hydroxyl groups excluding tert-OH is 1. The fraction of sp³-hybridized carbons (Fsp3) is 0.323. The number of halogens is 3. The summed E-state index contributed by atoms with van der Waals surface area (Å²) in [6, 6.07) is 23.8. The van der Waals surface area contributed by atoms with Crippen LogP contribution in [0.15, 0.2) is 85.5 Å². The van der Waals surface area contributed by atoms with Gasteiger partial charge in [-0.3, -0.25) is 4.79 Å². The molecule has 1 amide bonds. The van der Waals surface area contributed by atoms with Crippen LogP contribution in [0.1, 0.15) is 41.1 Å². The van der Waals surface area contributed by atoms with Crippen molar-refractivity contribution in [2.24, 2.45) is 0 Å². The highest BCUT2D eigenvalue weighted by Crippen LogP contribution is 2.38. The molecule has 9 heteroatoms. The molecule has 1 aliphatic rings. The van der Waals surface area contributed by atoms with E-state index >= 15 is 0 Å². The minimum absolute atomic E-state index is 0.00532.